The van der Waals surface area contributed by atoms with E-state index in [0.717, 1.165) is 17.1 Å². The molecule has 0 bridgehead atoms. The molecule has 0 saturated carbocycles. The number of nitrogens with zero attached hydrogens (tertiary/aromatic N) is 3. The average molecular weight is 300 g/mol. The standard InChI is InChI=1S/C16H14ClN3O/c17-14-9-5-4-6-12(14)10-15-18-19-16(11-21)20(15)13-7-2-1-3-8-13/h1-9,21H,10-11H2. The fraction of sp³-hybridized carbons (Fsp3) is 0.125. The van der Waals surface area contributed by atoms with Crippen molar-refractivity contribution in [1.82, 2.24) is 14.8 Å². The molecule has 1 N–H and O–H groups in total. The molecule has 3 rings (SSSR count). The Labute approximate surface area is 127 Å². The van der Waals surface area contributed by atoms with Gasteiger partial charge in [0.15, 0.2) is 5.82 Å². The molecule has 5 heteroatoms. The summed E-state index contributed by atoms with van der Waals surface area (Å²) in [6.07, 6.45) is 0.557. The lowest BCUT2D eigenvalue weighted by Gasteiger charge is -2.10. The second-order valence-electron chi connectivity index (χ2n) is 4.63. The fourth-order valence-electron chi connectivity index (χ4n) is 2.26. The van der Waals surface area contributed by atoms with Crippen molar-refractivity contribution in [3.8, 4) is 5.69 Å². The van der Waals surface area contributed by atoms with Crippen molar-refractivity contribution >= 4 is 11.6 Å². The van der Waals surface area contributed by atoms with E-state index in [0.29, 0.717) is 17.3 Å². The van der Waals surface area contributed by atoms with Crippen LogP contribution in [0.3, 0.4) is 0 Å². The van der Waals surface area contributed by atoms with Gasteiger partial charge in [0, 0.05) is 17.1 Å². The highest BCUT2D eigenvalue weighted by atomic mass is 35.5. The lowest BCUT2D eigenvalue weighted by atomic mass is 10.1. The molecule has 0 aliphatic rings. The van der Waals surface area contributed by atoms with E-state index in [1.165, 1.54) is 0 Å². The van der Waals surface area contributed by atoms with Crippen LogP contribution < -0.4 is 0 Å². The molecule has 1 aromatic heterocycles. The summed E-state index contributed by atoms with van der Waals surface area (Å²) in [6, 6.07) is 17.4. The molecule has 0 aliphatic heterocycles. The summed E-state index contributed by atoms with van der Waals surface area (Å²) in [5.74, 6) is 1.27. The third-order valence-electron chi connectivity index (χ3n) is 3.26. The second kappa shape index (κ2) is 6.08. The van der Waals surface area contributed by atoms with Gasteiger partial charge in [-0.2, -0.15) is 0 Å². The summed E-state index contributed by atoms with van der Waals surface area (Å²) in [6.45, 7) is -0.162. The molecule has 0 fully saturated rings. The van der Waals surface area contributed by atoms with Crippen LogP contribution in [0, 0.1) is 0 Å². The number of aliphatic hydroxyl groups is 1. The van der Waals surface area contributed by atoms with Gasteiger partial charge in [-0.3, -0.25) is 4.57 Å². The van der Waals surface area contributed by atoms with Crippen LogP contribution in [0.5, 0.6) is 0 Å². The molecule has 0 spiro atoms. The molecule has 106 valence electrons. The Bertz CT molecular complexity index is 740. The predicted octanol–water partition coefficient (Wildman–Crippen LogP) is 3.00. The highest BCUT2D eigenvalue weighted by Gasteiger charge is 2.14. The van der Waals surface area contributed by atoms with Crippen molar-refractivity contribution in [2.24, 2.45) is 0 Å². The maximum absolute atomic E-state index is 9.46. The van der Waals surface area contributed by atoms with Gasteiger partial charge < -0.3 is 5.11 Å². The molecule has 0 aliphatic carbocycles. The first-order chi connectivity index (χ1) is 10.3. The minimum Gasteiger partial charge on any atom is -0.388 e. The van der Waals surface area contributed by atoms with Gasteiger partial charge in [-0.05, 0) is 23.8 Å². The maximum Gasteiger partial charge on any atom is 0.163 e. The van der Waals surface area contributed by atoms with E-state index >= 15 is 0 Å². The van der Waals surface area contributed by atoms with Crippen LogP contribution in [0.15, 0.2) is 54.6 Å². The molecule has 4 nitrogen and oxygen atoms in total. The van der Waals surface area contributed by atoms with Gasteiger partial charge >= 0.3 is 0 Å². The summed E-state index contributed by atoms with van der Waals surface area (Å²) in [5, 5.41) is 18.4. The van der Waals surface area contributed by atoms with E-state index in [9.17, 15) is 5.11 Å². The van der Waals surface area contributed by atoms with Gasteiger partial charge in [0.1, 0.15) is 12.4 Å². The minimum atomic E-state index is -0.162. The number of hydrogen-bond donors (Lipinski definition) is 1. The van der Waals surface area contributed by atoms with E-state index < -0.39 is 0 Å². The zero-order valence-electron chi connectivity index (χ0n) is 11.3. The van der Waals surface area contributed by atoms with Crippen LogP contribution >= 0.6 is 11.6 Å². The van der Waals surface area contributed by atoms with Crippen LogP contribution in [0.2, 0.25) is 5.02 Å². The minimum absolute atomic E-state index is 0.162. The topological polar surface area (TPSA) is 50.9 Å². The highest BCUT2D eigenvalue weighted by Crippen LogP contribution is 2.21. The molecular weight excluding hydrogens is 286 g/mol. The van der Waals surface area contributed by atoms with E-state index in [4.69, 9.17) is 11.6 Å². The number of hydrogen-bond acceptors (Lipinski definition) is 3. The zero-order valence-corrected chi connectivity index (χ0v) is 12.0. The molecule has 0 unspecified atom stereocenters. The van der Waals surface area contributed by atoms with Crippen molar-refractivity contribution in [3.05, 3.63) is 76.8 Å². The molecule has 2 aromatic carbocycles. The summed E-state index contributed by atoms with van der Waals surface area (Å²) in [5.41, 5.74) is 1.90. The Morgan fingerprint density at radius 2 is 1.57 bits per heavy atom. The summed E-state index contributed by atoms with van der Waals surface area (Å²) in [7, 11) is 0. The van der Waals surface area contributed by atoms with Gasteiger partial charge in [0.2, 0.25) is 0 Å². The van der Waals surface area contributed by atoms with Gasteiger partial charge in [-0.1, -0.05) is 48.0 Å². The third kappa shape index (κ3) is 2.82. The third-order valence-corrected chi connectivity index (χ3v) is 3.63. The van der Waals surface area contributed by atoms with Gasteiger partial charge in [0.25, 0.3) is 0 Å². The lowest BCUT2D eigenvalue weighted by molar-refractivity contribution is 0.268. The zero-order chi connectivity index (χ0) is 14.7. The molecule has 0 atom stereocenters. The lowest BCUT2D eigenvalue weighted by Crippen LogP contribution is -2.06. The number of rotatable bonds is 4. The van der Waals surface area contributed by atoms with E-state index in [1.807, 2.05) is 59.2 Å². The van der Waals surface area contributed by atoms with Crippen molar-refractivity contribution in [1.29, 1.82) is 0 Å². The number of halogens is 1. The Morgan fingerprint density at radius 1 is 0.905 bits per heavy atom. The number of benzene rings is 2. The Kier molecular flexibility index (Phi) is 3.99. The van der Waals surface area contributed by atoms with E-state index in [2.05, 4.69) is 10.2 Å². The van der Waals surface area contributed by atoms with Crippen molar-refractivity contribution < 1.29 is 5.11 Å². The van der Waals surface area contributed by atoms with Gasteiger partial charge in [-0.25, -0.2) is 0 Å². The average Bonchev–Trinajstić information content (AvgIpc) is 2.93. The first-order valence-electron chi connectivity index (χ1n) is 6.62. The van der Waals surface area contributed by atoms with Crippen molar-refractivity contribution in [2.75, 3.05) is 0 Å². The normalized spacial score (nSPS) is 10.8. The molecule has 0 radical (unpaired) electrons. The predicted molar refractivity (Wildman–Crippen MR) is 81.5 cm³/mol. The van der Waals surface area contributed by atoms with Crippen LogP contribution in [0.25, 0.3) is 5.69 Å². The molecule has 1 heterocycles. The monoisotopic (exact) mass is 299 g/mol. The maximum atomic E-state index is 9.46. The summed E-state index contributed by atoms with van der Waals surface area (Å²) >= 11 is 6.21. The SMILES string of the molecule is OCc1nnc(Cc2ccccc2Cl)n1-c1ccccc1. The van der Waals surface area contributed by atoms with Crippen LogP contribution in [0.4, 0.5) is 0 Å². The number of aromatic nitrogens is 3. The quantitative estimate of drug-likeness (QED) is 0.806. The Hall–Kier alpha value is -2.17. The number of aliphatic hydroxyl groups excluding tert-OH is 1. The molecular formula is C16H14ClN3O. The van der Waals surface area contributed by atoms with Crippen LogP contribution in [-0.4, -0.2) is 19.9 Å². The van der Waals surface area contributed by atoms with Gasteiger partial charge in [-0.15, -0.1) is 10.2 Å². The smallest absolute Gasteiger partial charge is 0.163 e. The number of para-hydroxylation sites is 1. The first kappa shape index (κ1) is 13.8. The molecule has 21 heavy (non-hydrogen) atoms. The largest absolute Gasteiger partial charge is 0.388 e. The second-order valence-corrected chi connectivity index (χ2v) is 5.04. The summed E-state index contributed by atoms with van der Waals surface area (Å²) < 4.78 is 1.86. The Balaban J connectivity index is 2.04. The van der Waals surface area contributed by atoms with Crippen molar-refractivity contribution in [3.63, 3.8) is 0 Å². The first-order valence-corrected chi connectivity index (χ1v) is 7.00. The van der Waals surface area contributed by atoms with E-state index in [-0.39, 0.29) is 6.61 Å². The van der Waals surface area contributed by atoms with Gasteiger partial charge in [0.05, 0.1) is 0 Å². The molecule has 0 saturated heterocycles. The van der Waals surface area contributed by atoms with Crippen molar-refractivity contribution in [2.45, 2.75) is 13.0 Å². The van der Waals surface area contributed by atoms with Crippen LogP contribution in [0.1, 0.15) is 17.2 Å². The molecule has 0 amide bonds. The van der Waals surface area contributed by atoms with Crippen LogP contribution in [-0.2, 0) is 13.0 Å². The summed E-state index contributed by atoms with van der Waals surface area (Å²) in [4.78, 5) is 0. The highest BCUT2D eigenvalue weighted by molar-refractivity contribution is 6.31. The van der Waals surface area contributed by atoms with E-state index in [1.54, 1.807) is 0 Å². The fourth-order valence-corrected chi connectivity index (χ4v) is 2.46. The Morgan fingerprint density at radius 3 is 2.29 bits per heavy atom. The molecule has 3 aromatic rings.